The number of hydrogen-bond donors (Lipinski definition) is 1. The molecule has 1 atom stereocenters. The van der Waals surface area contributed by atoms with E-state index in [1.165, 1.54) is 4.88 Å². The van der Waals surface area contributed by atoms with Crippen molar-refractivity contribution in [2.45, 2.75) is 39.0 Å². The van der Waals surface area contributed by atoms with Gasteiger partial charge in [-0.1, -0.05) is 6.07 Å². The Kier molecular flexibility index (Phi) is 6.92. The zero-order chi connectivity index (χ0) is 19.1. The molecule has 0 spiro atoms. The van der Waals surface area contributed by atoms with Gasteiger partial charge in [-0.15, -0.1) is 11.3 Å². The number of pyridine rings is 1. The molecular formula is C20H26N4O2S. The number of rotatable bonds is 8. The number of carbonyl (C=O) groups excluding carboxylic acids is 2. The van der Waals surface area contributed by atoms with Crippen LogP contribution in [0.15, 0.2) is 29.9 Å². The zero-order valence-electron chi connectivity index (χ0n) is 15.7. The molecule has 0 radical (unpaired) electrons. The van der Waals surface area contributed by atoms with E-state index < -0.39 is 0 Å². The third kappa shape index (κ3) is 5.60. The summed E-state index contributed by atoms with van der Waals surface area (Å²) in [6, 6.07) is 5.79. The van der Waals surface area contributed by atoms with Gasteiger partial charge < -0.3 is 10.2 Å². The van der Waals surface area contributed by atoms with E-state index in [2.05, 4.69) is 15.3 Å². The number of hydrogen-bond acceptors (Lipinski definition) is 5. The van der Waals surface area contributed by atoms with Crippen LogP contribution < -0.4 is 5.32 Å². The van der Waals surface area contributed by atoms with Crippen molar-refractivity contribution in [3.63, 3.8) is 0 Å². The fraction of sp³-hybridized carbons (Fsp3) is 0.500. The van der Waals surface area contributed by atoms with E-state index >= 15 is 0 Å². The van der Waals surface area contributed by atoms with Crippen LogP contribution in [0.4, 0.5) is 0 Å². The summed E-state index contributed by atoms with van der Waals surface area (Å²) in [5, 5.41) is 3.04. The van der Waals surface area contributed by atoms with Crippen LogP contribution in [-0.4, -0.2) is 46.3 Å². The van der Waals surface area contributed by atoms with Gasteiger partial charge >= 0.3 is 0 Å². The third-order valence-electron chi connectivity index (χ3n) is 4.96. The van der Waals surface area contributed by atoms with Crippen molar-refractivity contribution >= 4 is 23.2 Å². The van der Waals surface area contributed by atoms with Crippen molar-refractivity contribution in [3.05, 3.63) is 46.2 Å². The van der Waals surface area contributed by atoms with Crippen LogP contribution in [0.3, 0.4) is 0 Å². The Hall–Kier alpha value is -2.28. The van der Waals surface area contributed by atoms with Crippen LogP contribution in [0, 0.1) is 12.8 Å². The first-order valence-corrected chi connectivity index (χ1v) is 10.4. The number of nitrogens with one attached hydrogen (secondary N) is 1. The van der Waals surface area contributed by atoms with Gasteiger partial charge in [-0.25, -0.2) is 4.98 Å². The van der Waals surface area contributed by atoms with Gasteiger partial charge in [0.1, 0.15) is 0 Å². The van der Waals surface area contributed by atoms with Gasteiger partial charge in [-0.2, -0.15) is 0 Å². The predicted octanol–water partition coefficient (Wildman–Crippen LogP) is 2.38. The van der Waals surface area contributed by atoms with Crippen LogP contribution >= 0.6 is 11.3 Å². The van der Waals surface area contributed by atoms with Crippen LogP contribution in [-0.2, 0) is 22.4 Å². The maximum Gasteiger partial charge on any atom is 0.224 e. The summed E-state index contributed by atoms with van der Waals surface area (Å²) >= 11 is 1.67. The summed E-state index contributed by atoms with van der Waals surface area (Å²) in [4.78, 5) is 36.3. The van der Waals surface area contributed by atoms with Gasteiger partial charge in [0.15, 0.2) is 0 Å². The minimum atomic E-state index is -0.114. The molecule has 0 bridgehead atoms. The molecule has 1 fully saturated rings. The average molecular weight is 387 g/mol. The minimum Gasteiger partial charge on any atom is -0.356 e. The lowest BCUT2D eigenvalue weighted by Gasteiger charge is -2.32. The standard InChI is InChI=1S/C20H26N4O2S/c1-15-18(27-14-23-15)6-4-11-22-20(26)16-7-8-19(25)24(13-16)12-9-17-5-2-3-10-21-17/h2-3,5,10,14,16H,4,6-9,11-13H2,1H3,(H,22,26)/t16-/m0/s1. The van der Waals surface area contributed by atoms with E-state index in [0.29, 0.717) is 32.5 Å². The second-order valence-electron chi connectivity index (χ2n) is 6.90. The maximum atomic E-state index is 12.5. The minimum absolute atomic E-state index is 0.0614. The molecule has 2 aromatic heterocycles. The highest BCUT2D eigenvalue weighted by Crippen LogP contribution is 2.18. The number of aromatic nitrogens is 2. The Bertz CT molecular complexity index is 762. The van der Waals surface area contributed by atoms with E-state index in [4.69, 9.17) is 0 Å². The molecule has 3 rings (SSSR count). The fourth-order valence-corrected chi connectivity index (χ4v) is 4.13. The van der Waals surface area contributed by atoms with E-state index in [9.17, 15) is 9.59 Å². The van der Waals surface area contributed by atoms with Gasteiger partial charge in [-0.3, -0.25) is 14.6 Å². The molecule has 6 nitrogen and oxygen atoms in total. The molecule has 27 heavy (non-hydrogen) atoms. The highest BCUT2D eigenvalue weighted by atomic mass is 32.1. The lowest BCUT2D eigenvalue weighted by molar-refractivity contribution is -0.138. The topological polar surface area (TPSA) is 75.2 Å². The molecule has 0 aliphatic carbocycles. The molecular weight excluding hydrogens is 360 g/mol. The normalized spacial score (nSPS) is 17.1. The third-order valence-corrected chi connectivity index (χ3v) is 5.95. The van der Waals surface area contributed by atoms with Crippen molar-refractivity contribution < 1.29 is 9.59 Å². The Morgan fingerprint density at radius 1 is 1.33 bits per heavy atom. The number of likely N-dealkylation sites (tertiary alicyclic amines) is 1. The number of aryl methyl sites for hydroxylation is 2. The van der Waals surface area contributed by atoms with Gasteiger partial charge in [0.25, 0.3) is 0 Å². The van der Waals surface area contributed by atoms with Gasteiger partial charge in [-0.05, 0) is 38.3 Å². The largest absolute Gasteiger partial charge is 0.356 e. The second-order valence-corrected chi connectivity index (χ2v) is 7.84. The molecule has 1 aliphatic heterocycles. The summed E-state index contributed by atoms with van der Waals surface area (Å²) in [6.45, 7) is 3.80. The van der Waals surface area contributed by atoms with Gasteiger partial charge in [0.2, 0.25) is 11.8 Å². The lowest BCUT2D eigenvalue weighted by Crippen LogP contribution is -2.46. The SMILES string of the molecule is Cc1ncsc1CCCNC(=O)[C@H]1CCC(=O)N(CCc2ccccn2)C1. The number of thiazole rings is 1. The summed E-state index contributed by atoms with van der Waals surface area (Å²) in [7, 11) is 0. The fourth-order valence-electron chi connectivity index (χ4n) is 3.31. The highest BCUT2D eigenvalue weighted by molar-refractivity contribution is 7.09. The first-order chi connectivity index (χ1) is 13.1. The summed E-state index contributed by atoms with van der Waals surface area (Å²) in [5.74, 6) is 0.0820. The van der Waals surface area contributed by atoms with Gasteiger partial charge in [0, 0.05) is 49.2 Å². The maximum absolute atomic E-state index is 12.5. The number of amides is 2. The second kappa shape index (κ2) is 9.60. The van der Waals surface area contributed by atoms with Crippen LogP contribution in [0.5, 0.6) is 0 Å². The first-order valence-electron chi connectivity index (χ1n) is 9.48. The zero-order valence-corrected chi connectivity index (χ0v) is 16.5. The molecule has 1 saturated heterocycles. The van der Waals surface area contributed by atoms with Crippen molar-refractivity contribution in [2.75, 3.05) is 19.6 Å². The number of piperidine rings is 1. The van der Waals surface area contributed by atoms with E-state index in [1.54, 1.807) is 17.5 Å². The Morgan fingerprint density at radius 3 is 2.96 bits per heavy atom. The summed E-state index contributed by atoms with van der Waals surface area (Å²) < 4.78 is 0. The molecule has 2 aromatic rings. The molecule has 1 N–H and O–H groups in total. The molecule has 0 unspecified atom stereocenters. The molecule has 1 aliphatic rings. The molecule has 2 amide bonds. The van der Waals surface area contributed by atoms with Crippen LogP contribution in [0.2, 0.25) is 0 Å². The monoisotopic (exact) mass is 386 g/mol. The van der Waals surface area contributed by atoms with E-state index in [-0.39, 0.29) is 17.7 Å². The van der Waals surface area contributed by atoms with Crippen LogP contribution in [0.1, 0.15) is 35.5 Å². The number of carbonyl (C=O) groups is 2. The summed E-state index contributed by atoms with van der Waals surface area (Å²) in [6.07, 6.45) is 5.41. The average Bonchev–Trinajstić information content (AvgIpc) is 3.10. The van der Waals surface area contributed by atoms with Gasteiger partial charge in [0.05, 0.1) is 17.1 Å². The smallest absolute Gasteiger partial charge is 0.224 e. The molecule has 3 heterocycles. The van der Waals surface area contributed by atoms with Crippen LogP contribution in [0.25, 0.3) is 0 Å². The number of nitrogens with zero attached hydrogens (tertiary/aromatic N) is 3. The van der Waals surface area contributed by atoms with Crippen molar-refractivity contribution in [2.24, 2.45) is 5.92 Å². The predicted molar refractivity (Wildman–Crippen MR) is 105 cm³/mol. The highest BCUT2D eigenvalue weighted by Gasteiger charge is 2.29. The Balaban J connectivity index is 1.41. The van der Waals surface area contributed by atoms with Crippen molar-refractivity contribution in [1.82, 2.24) is 20.2 Å². The van der Waals surface area contributed by atoms with Crippen molar-refractivity contribution in [1.29, 1.82) is 0 Å². The Morgan fingerprint density at radius 2 is 2.22 bits per heavy atom. The molecule has 7 heteroatoms. The van der Waals surface area contributed by atoms with E-state index in [1.807, 2.05) is 35.5 Å². The quantitative estimate of drug-likeness (QED) is 0.707. The summed E-state index contributed by atoms with van der Waals surface area (Å²) in [5.41, 5.74) is 3.91. The lowest BCUT2D eigenvalue weighted by atomic mass is 9.96. The Labute approximate surface area is 164 Å². The van der Waals surface area contributed by atoms with Crippen molar-refractivity contribution in [3.8, 4) is 0 Å². The molecule has 0 aromatic carbocycles. The first kappa shape index (κ1) is 19.5. The molecule has 144 valence electrons. The van der Waals surface area contributed by atoms with E-state index in [0.717, 1.165) is 30.7 Å². The molecule has 0 saturated carbocycles.